The number of ether oxygens (including phenoxy) is 1. The summed E-state index contributed by atoms with van der Waals surface area (Å²) in [6.07, 6.45) is 22.4. The Labute approximate surface area is 221 Å². The van der Waals surface area contributed by atoms with Crippen LogP contribution in [0.1, 0.15) is 112 Å². The van der Waals surface area contributed by atoms with E-state index in [0.29, 0.717) is 6.61 Å². The lowest BCUT2D eigenvalue weighted by Gasteiger charge is -2.27. The monoisotopic (exact) mass is 497 g/mol. The zero-order valence-corrected chi connectivity index (χ0v) is 24.0. The van der Waals surface area contributed by atoms with Crippen LogP contribution in [0.4, 0.5) is 0 Å². The minimum Gasteiger partial charge on any atom is -0.463 e. The number of carbonyl (C=O) groups is 2. The van der Waals surface area contributed by atoms with E-state index in [1.165, 1.54) is 23.1 Å². The van der Waals surface area contributed by atoms with E-state index < -0.39 is 0 Å². The van der Waals surface area contributed by atoms with Crippen molar-refractivity contribution in [1.29, 1.82) is 0 Å². The number of piperidine rings is 1. The number of likely N-dealkylation sites (tertiary alicyclic amines) is 1. The molecule has 36 heavy (non-hydrogen) atoms. The van der Waals surface area contributed by atoms with E-state index in [1.54, 1.807) is 6.08 Å². The zero-order valence-electron chi connectivity index (χ0n) is 24.0. The molecule has 0 unspecified atom stereocenters. The number of hydrogen-bond acceptors (Lipinski definition) is 3. The number of nitrogens with zero attached hydrogens (tertiary/aromatic N) is 1. The third-order valence-electron chi connectivity index (χ3n) is 6.72. The summed E-state index contributed by atoms with van der Waals surface area (Å²) in [6.45, 7) is 14.6. The van der Waals surface area contributed by atoms with Crippen LogP contribution in [-0.4, -0.2) is 36.5 Å². The van der Waals surface area contributed by atoms with Crippen molar-refractivity contribution in [3.05, 3.63) is 58.2 Å². The number of amides is 1. The first-order chi connectivity index (χ1) is 17.2. The minimum atomic E-state index is -0.243. The molecule has 0 aliphatic carbocycles. The van der Waals surface area contributed by atoms with E-state index in [0.717, 1.165) is 88.4 Å². The third kappa shape index (κ3) is 14.9. The standard InChI is InChI=1S/C32H51NO3/c1-7-36-31(34)25-29(5)21-13-19-27(3)17-11-15-26(2)16-12-18-28(4)20-14-22-30(6)32(35)33-23-9-8-10-24-33/h15,18-19,22,25H,7-14,16-17,20-21,23-24H2,1-6H3. The van der Waals surface area contributed by atoms with Gasteiger partial charge in [-0.2, -0.15) is 0 Å². The SMILES string of the molecule is CCOC(=O)C=C(C)CCC=C(C)CCC=C(C)CCC=C(C)CCC=C(C)C(=O)N1CCCCC1. The molecule has 1 saturated heterocycles. The zero-order chi connectivity index (χ0) is 26.8. The molecule has 0 atom stereocenters. The average molecular weight is 498 g/mol. The van der Waals surface area contributed by atoms with Gasteiger partial charge in [0.05, 0.1) is 6.61 Å². The van der Waals surface area contributed by atoms with Crippen molar-refractivity contribution < 1.29 is 14.3 Å². The Morgan fingerprint density at radius 2 is 1.11 bits per heavy atom. The van der Waals surface area contributed by atoms with Gasteiger partial charge in [0.15, 0.2) is 0 Å². The van der Waals surface area contributed by atoms with Crippen molar-refractivity contribution >= 4 is 11.9 Å². The molecule has 4 heteroatoms. The molecule has 1 fully saturated rings. The molecule has 0 spiro atoms. The van der Waals surface area contributed by atoms with Crippen LogP contribution in [0.2, 0.25) is 0 Å². The maximum absolute atomic E-state index is 12.5. The fourth-order valence-electron chi connectivity index (χ4n) is 4.35. The summed E-state index contributed by atoms with van der Waals surface area (Å²) in [4.78, 5) is 26.0. The Kier molecular flexibility index (Phi) is 16.6. The molecule has 202 valence electrons. The van der Waals surface area contributed by atoms with E-state index in [4.69, 9.17) is 4.74 Å². The number of rotatable bonds is 15. The molecule has 4 nitrogen and oxygen atoms in total. The molecule has 1 aliphatic rings. The number of esters is 1. The van der Waals surface area contributed by atoms with Crippen LogP contribution in [0.25, 0.3) is 0 Å². The largest absolute Gasteiger partial charge is 0.463 e. The fraction of sp³-hybridized carbons (Fsp3) is 0.625. The third-order valence-corrected chi connectivity index (χ3v) is 6.72. The van der Waals surface area contributed by atoms with Gasteiger partial charge in [-0.05, 0) is 112 Å². The molecular formula is C32H51NO3. The molecule has 1 rings (SSSR count). The van der Waals surface area contributed by atoms with Crippen molar-refractivity contribution in [3.8, 4) is 0 Å². The van der Waals surface area contributed by atoms with Crippen LogP contribution in [0, 0.1) is 0 Å². The normalized spacial score (nSPS) is 16.4. The van der Waals surface area contributed by atoms with E-state index in [1.807, 2.05) is 25.7 Å². The maximum Gasteiger partial charge on any atom is 0.330 e. The maximum atomic E-state index is 12.5. The lowest BCUT2D eigenvalue weighted by Crippen LogP contribution is -2.36. The van der Waals surface area contributed by atoms with Gasteiger partial charge in [-0.1, -0.05) is 46.6 Å². The Balaban J connectivity index is 2.27. The van der Waals surface area contributed by atoms with Crippen LogP contribution in [-0.2, 0) is 14.3 Å². The summed E-state index contributed by atoms with van der Waals surface area (Å²) in [5.74, 6) is -0.0175. The van der Waals surface area contributed by atoms with Crippen molar-refractivity contribution in [3.63, 3.8) is 0 Å². The van der Waals surface area contributed by atoms with Gasteiger partial charge in [0.1, 0.15) is 0 Å². The van der Waals surface area contributed by atoms with E-state index in [2.05, 4.69) is 45.1 Å². The highest BCUT2D eigenvalue weighted by molar-refractivity contribution is 5.92. The van der Waals surface area contributed by atoms with Gasteiger partial charge in [-0.25, -0.2) is 4.79 Å². The molecule has 0 aromatic carbocycles. The highest BCUT2D eigenvalue weighted by Gasteiger charge is 2.17. The molecule has 1 heterocycles. The second-order valence-corrected chi connectivity index (χ2v) is 10.3. The van der Waals surface area contributed by atoms with Crippen LogP contribution in [0.15, 0.2) is 58.2 Å². The number of allylic oxidation sites excluding steroid dienone is 8. The fourth-order valence-corrected chi connectivity index (χ4v) is 4.35. The molecule has 0 aromatic heterocycles. The lowest BCUT2D eigenvalue weighted by atomic mass is 10.0. The van der Waals surface area contributed by atoms with Gasteiger partial charge < -0.3 is 9.64 Å². The van der Waals surface area contributed by atoms with Gasteiger partial charge in [0, 0.05) is 24.7 Å². The first kappa shape index (κ1) is 31.7. The molecule has 0 radical (unpaired) electrons. The van der Waals surface area contributed by atoms with Gasteiger partial charge in [0.25, 0.3) is 0 Å². The Hall–Kier alpha value is -2.36. The Morgan fingerprint density at radius 3 is 1.58 bits per heavy atom. The van der Waals surface area contributed by atoms with Crippen molar-refractivity contribution in [2.75, 3.05) is 19.7 Å². The Morgan fingerprint density at radius 1 is 0.667 bits per heavy atom. The van der Waals surface area contributed by atoms with Crippen molar-refractivity contribution in [1.82, 2.24) is 4.90 Å². The summed E-state index contributed by atoms with van der Waals surface area (Å²) in [5.41, 5.74) is 6.22. The summed E-state index contributed by atoms with van der Waals surface area (Å²) in [6, 6.07) is 0. The molecule has 1 amide bonds. The predicted molar refractivity (Wildman–Crippen MR) is 153 cm³/mol. The molecule has 0 aromatic rings. The molecule has 1 aliphatic heterocycles. The van der Waals surface area contributed by atoms with Gasteiger partial charge in [-0.3, -0.25) is 4.79 Å². The van der Waals surface area contributed by atoms with Gasteiger partial charge in [0.2, 0.25) is 5.91 Å². The average Bonchev–Trinajstić information content (AvgIpc) is 2.84. The van der Waals surface area contributed by atoms with Crippen molar-refractivity contribution in [2.45, 2.75) is 112 Å². The van der Waals surface area contributed by atoms with Crippen LogP contribution in [0.3, 0.4) is 0 Å². The Bertz CT molecular complexity index is 835. The topological polar surface area (TPSA) is 46.6 Å². The molecule has 0 N–H and O–H groups in total. The highest BCUT2D eigenvalue weighted by Crippen LogP contribution is 2.16. The number of carbonyl (C=O) groups excluding carboxylic acids is 2. The van der Waals surface area contributed by atoms with Crippen molar-refractivity contribution in [2.24, 2.45) is 0 Å². The van der Waals surface area contributed by atoms with Gasteiger partial charge in [-0.15, -0.1) is 0 Å². The second kappa shape index (κ2) is 18.8. The summed E-state index contributed by atoms with van der Waals surface area (Å²) in [7, 11) is 0. The van der Waals surface area contributed by atoms with Crippen LogP contribution >= 0.6 is 0 Å². The minimum absolute atomic E-state index is 0.225. The lowest BCUT2D eigenvalue weighted by molar-refractivity contribution is -0.137. The van der Waals surface area contributed by atoms with Gasteiger partial charge >= 0.3 is 5.97 Å². The van der Waals surface area contributed by atoms with E-state index in [-0.39, 0.29) is 11.9 Å². The quantitative estimate of drug-likeness (QED) is 0.130. The first-order valence-corrected chi connectivity index (χ1v) is 14.0. The summed E-state index contributed by atoms with van der Waals surface area (Å²) in [5, 5.41) is 0. The van der Waals surface area contributed by atoms with Crippen LogP contribution < -0.4 is 0 Å². The summed E-state index contributed by atoms with van der Waals surface area (Å²) < 4.78 is 4.95. The number of hydrogen-bond donors (Lipinski definition) is 0. The smallest absolute Gasteiger partial charge is 0.330 e. The molecule has 0 bridgehead atoms. The van der Waals surface area contributed by atoms with E-state index in [9.17, 15) is 9.59 Å². The van der Waals surface area contributed by atoms with E-state index >= 15 is 0 Å². The molecular weight excluding hydrogens is 446 g/mol. The first-order valence-electron chi connectivity index (χ1n) is 14.0. The molecule has 0 saturated carbocycles. The van der Waals surface area contributed by atoms with Crippen LogP contribution in [0.5, 0.6) is 0 Å². The highest BCUT2D eigenvalue weighted by atomic mass is 16.5. The predicted octanol–water partition coefficient (Wildman–Crippen LogP) is 8.41. The second-order valence-electron chi connectivity index (χ2n) is 10.3. The summed E-state index contributed by atoms with van der Waals surface area (Å²) >= 11 is 0.